The highest BCUT2D eigenvalue weighted by molar-refractivity contribution is 6.36. The fraction of sp³-hybridized carbons (Fsp3) is 0.500. The summed E-state index contributed by atoms with van der Waals surface area (Å²) >= 11 is 11.8. The first-order chi connectivity index (χ1) is 11.0. The first kappa shape index (κ1) is 19.2. The molecule has 0 N–H and O–H groups in total. The molecule has 0 bridgehead atoms. The van der Waals surface area contributed by atoms with Crippen molar-refractivity contribution in [1.29, 1.82) is 0 Å². The van der Waals surface area contributed by atoms with E-state index in [-0.39, 0.29) is 45.0 Å². The van der Waals surface area contributed by atoms with Gasteiger partial charge in [-0.1, -0.05) is 48.7 Å². The van der Waals surface area contributed by atoms with Gasteiger partial charge in [0, 0.05) is 11.1 Å². The number of halogens is 4. The molecule has 2 rings (SSSR count). The molecular formula is C18H20Cl2F2O2. The molecule has 6 heteroatoms. The summed E-state index contributed by atoms with van der Waals surface area (Å²) in [6.07, 6.45) is 2.04. The number of rotatable bonds is 4. The Balaban J connectivity index is 2.16. The maximum atomic E-state index is 13.9. The van der Waals surface area contributed by atoms with E-state index in [0.29, 0.717) is 0 Å². The van der Waals surface area contributed by atoms with Crippen LogP contribution in [0.15, 0.2) is 11.6 Å². The van der Waals surface area contributed by atoms with Crippen LogP contribution < -0.4 is 0 Å². The molecule has 0 aliphatic heterocycles. The molecule has 1 aliphatic carbocycles. The Morgan fingerprint density at radius 2 is 1.71 bits per heavy atom. The number of carbonyl (C=O) groups excluding carboxylic acids is 1. The predicted molar refractivity (Wildman–Crippen MR) is 91.1 cm³/mol. The fourth-order valence-corrected chi connectivity index (χ4v) is 3.57. The quantitative estimate of drug-likeness (QED) is 0.373. The van der Waals surface area contributed by atoms with Gasteiger partial charge in [0.25, 0.3) is 0 Å². The van der Waals surface area contributed by atoms with Crippen molar-refractivity contribution < 1.29 is 18.3 Å². The van der Waals surface area contributed by atoms with Gasteiger partial charge in [0.2, 0.25) is 0 Å². The van der Waals surface area contributed by atoms with Crippen LogP contribution >= 0.6 is 23.2 Å². The van der Waals surface area contributed by atoms with Crippen molar-refractivity contribution >= 4 is 29.2 Å². The Bertz CT molecular complexity index is 693. The highest BCUT2D eigenvalue weighted by Crippen LogP contribution is 2.59. The molecule has 0 saturated heterocycles. The maximum Gasteiger partial charge on any atom is 0.310 e. The zero-order valence-corrected chi connectivity index (χ0v) is 15.8. The highest BCUT2D eigenvalue weighted by atomic mass is 35.5. The first-order valence-corrected chi connectivity index (χ1v) is 8.38. The third kappa shape index (κ3) is 3.31. The minimum Gasteiger partial charge on any atom is -0.460 e. The summed E-state index contributed by atoms with van der Waals surface area (Å²) in [7, 11) is 0. The molecule has 0 radical (unpaired) electrons. The Labute approximate surface area is 150 Å². The number of allylic oxidation sites excluding steroid dienone is 2. The summed E-state index contributed by atoms with van der Waals surface area (Å²) in [6, 6.07) is 0. The fourth-order valence-electron chi connectivity index (χ4n) is 2.94. The van der Waals surface area contributed by atoms with Crippen LogP contribution in [-0.4, -0.2) is 5.97 Å². The van der Waals surface area contributed by atoms with Gasteiger partial charge in [-0.15, -0.1) is 0 Å². The summed E-state index contributed by atoms with van der Waals surface area (Å²) in [5.74, 6) is -2.40. The zero-order valence-electron chi connectivity index (χ0n) is 14.3. The molecule has 1 aromatic rings. The lowest BCUT2D eigenvalue weighted by Crippen LogP contribution is -2.12. The molecule has 24 heavy (non-hydrogen) atoms. The molecule has 0 heterocycles. The van der Waals surface area contributed by atoms with Crippen molar-refractivity contribution in [1.82, 2.24) is 0 Å². The van der Waals surface area contributed by atoms with Crippen LogP contribution in [0.25, 0.3) is 0 Å². The van der Waals surface area contributed by atoms with Gasteiger partial charge < -0.3 is 4.74 Å². The molecule has 2 nitrogen and oxygen atoms in total. The van der Waals surface area contributed by atoms with Gasteiger partial charge in [-0.25, -0.2) is 8.78 Å². The Hall–Kier alpha value is -1.13. The van der Waals surface area contributed by atoms with Crippen molar-refractivity contribution in [3.8, 4) is 0 Å². The van der Waals surface area contributed by atoms with Crippen LogP contribution in [0.4, 0.5) is 8.78 Å². The second-order valence-corrected chi connectivity index (χ2v) is 7.79. The van der Waals surface area contributed by atoms with E-state index in [9.17, 15) is 13.6 Å². The van der Waals surface area contributed by atoms with E-state index in [2.05, 4.69) is 0 Å². The van der Waals surface area contributed by atoms with E-state index in [1.807, 2.05) is 33.8 Å². The van der Waals surface area contributed by atoms with E-state index < -0.39 is 17.6 Å². The lowest BCUT2D eigenvalue weighted by molar-refractivity contribution is -0.147. The maximum absolute atomic E-state index is 13.9. The van der Waals surface area contributed by atoms with Gasteiger partial charge in [-0.3, -0.25) is 4.79 Å². The third-order valence-corrected chi connectivity index (χ3v) is 5.40. The second kappa shape index (κ2) is 6.64. The number of hydrogen-bond donors (Lipinski definition) is 0. The van der Waals surface area contributed by atoms with Crippen LogP contribution in [-0.2, 0) is 16.1 Å². The normalized spacial score (nSPS) is 21.4. The average molecular weight is 377 g/mol. The first-order valence-electron chi connectivity index (χ1n) is 7.63. The number of esters is 1. The van der Waals surface area contributed by atoms with E-state index in [4.69, 9.17) is 27.9 Å². The summed E-state index contributed by atoms with van der Waals surface area (Å²) in [6.45, 7) is 8.78. The monoisotopic (exact) mass is 376 g/mol. The van der Waals surface area contributed by atoms with Crippen molar-refractivity contribution in [2.45, 2.75) is 41.2 Å². The molecule has 1 fully saturated rings. The largest absolute Gasteiger partial charge is 0.460 e. The molecular weight excluding hydrogens is 357 g/mol. The summed E-state index contributed by atoms with van der Waals surface area (Å²) in [4.78, 5) is 12.3. The Kier molecular flexibility index (Phi) is 5.31. The van der Waals surface area contributed by atoms with Crippen molar-refractivity contribution in [2.75, 3.05) is 0 Å². The molecule has 132 valence electrons. The van der Waals surface area contributed by atoms with Crippen LogP contribution in [0.5, 0.6) is 0 Å². The van der Waals surface area contributed by atoms with Crippen molar-refractivity contribution in [3.63, 3.8) is 0 Å². The zero-order chi connectivity index (χ0) is 18.4. The molecule has 0 unspecified atom stereocenters. The molecule has 1 aromatic carbocycles. The lowest BCUT2D eigenvalue weighted by atomic mass is 10.1. The predicted octanol–water partition coefficient (Wildman–Crippen LogP) is 5.86. The van der Waals surface area contributed by atoms with Crippen molar-refractivity contribution in [3.05, 3.63) is 44.5 Å². The number of ether oxygens (including phenoxy) is 1. The molecule has 1 aliphatic rings. The van der Waals surface area contributed by atoms with E-state index in [0.717, 1.165) is 5.57 Å². The van der Waals surface area contributed by atoms with Crippen LogP contribution in [0.1, 0.15) is 38.8 Å². The van der Waals surface area contributed by atoms with Gasteiger partial charge in [0.1, 0.15) is 18.2 Å². The van der Waals surface area contributed by atoms with E-state index in [1.165, 1.54) is 6.92 Å². The Morgan fingerprint density at radius 1 is 1.21 bits per heavy atom. The SMILES string of the molecule is CC(C)=C[C@@H]1[C@@H](C(=O)OCc2c(Cl)c(F)c(C)c(F)c2Cl)C1(C)C. The topological polar surface area (TPSA) is 26.3 Å². The summed E-state index contributed by atoms with van der Waals surface area (Å²) in [5.41, 5.74) is 0.611. The molecule has 2 atom stereocenters. The third-order valence-electron chi connectivity index (χ3n) is 4.61. The average Bonchev–Trinajstić information content (AvgIpc) is 3.02. The van der Waals surface area contributed by atoms with E-state index in [1.54, 1.807) is 0 Å². The van der Waals surface area contributed by atoms with Gasteiger partial charge in [-0.2, -0.15) is 0 Å². The second-order valence-electron chi connectivity index (χ2n) is 7.04. The van der Waals surface area contributed by atoms with Crippen LogP contribution in [0.3, 0.4) is 0 Å². The van der Waals surface area contributed by atoms with Crippen LogP contribution in [0, 0.1) is 35.8 Å². The number of hydrogen-bond acceptors (Lipinski definition) is 2. The summed E-state index contributed by atoms with van der Waals surface area (Å²) < 4.78 is 33.0. The van der Waals surface area contributed by atoms with Gasteiger partial charge >= 0.3 is 5.97 Å². The van der Waals surface area contributed by atoms with Gasteiger partial charge in [0.05, 0.1) is 16.0 Å². The number of benzene rings is 1. The standard InChI is InChI=1S/C18H20Cl2F2O2/c1-8(2)6-11-12(18(11,4)5)17(23)24-7-10-13(19)15(21)9(3)16(22)14(10)20/h6,11-12H,7H2,1-5H3/t11-,12+/m1/s1. The minimum atomic E-state index is -0.890. The van der Waals surface area contributed by atoms with Gasteiger partial charge in [0.15, 0.2) is 0 Å². The van der Waals surface area contributed by atoms with Gasteiger partial charge in [-0.05, 0) is 32.1 Å². The highest BCUT2D eigenvalue weighted by Gasteiger charge is 2.61. The lowest BCUT2D eigenvalue weighted by Gasteiger charge is -2.12. The number of carbonyl (C=O) groups is 1. The Morgan fingerprint density at radius 3 is 2.17 bits per heavy atom. The smallest absolute Gasteiger partial charge is 0.310 e. The minimum absolute atomic E-state index is 0.0514. The molecule has 1 saturated carbocycles. The molecule has 0 amide bonds. The van der Waals surface area contributed by atoms with E-state index >= 15 is 0 Å². The van der Waals surface area contributed by atoms with Crippen molar-refractivity contribution in [2.24, 2.45) is 17.3 Å². The molecule has 0 spiro atoms. The summed E-state index contributed by atoms with van der Waals surface area (Å²) in [5, 5.41) is -0.634. The van der Waals surface area contributed by atoms with Crippen LogP contribution in [0.2, 0.25) is 10.0 Å². The molecule has 0 aromatic heterocycles.